The molecule has 0 amide bonds. The summed E-state index contributed by atoms with van der Waals surface area (Å²) in [5.41, 5.74) is 0. The monoisotopic (exact) mass is 185 g/mol. The highest BCUT2D eigenvalue weighted by Gasteiger charge is 2.00. The lowest BCUT2D eigenvalue weighted by atomic mass is 10.3. The molecule has 2 N–H and O–H groups in total. The maximum atomic E-state index is 10.3. The smallest absolute Gasteiger partial charge is 0.209 e. The van der Waals surface area contributed by atoms with Crippen molar-refractivity contribution in [1.29, 1.82) is 0 Å². The minimum Gasteiger partial charge on any atom is -0.229 e. The Hall–Kier alpha value is 0.200. The third-order valence-electron chi connectivity index (χ3n) is 1.06. The van der Waals surface area contributed by atoms with Crippen LogP contribution >= 0.6 is 11.6 Å². The molecule has 0 aromatic rings. The highest BCUT2D eigenvalue weighted by Crippen LogP contribution is 1.98. The summed E-state index contributed by atoms with van der Waals surface area (Å²) in [6, 6.07) is 0. The predicted molar refractivity (Wildman–Crippen MR) is 42.5 cm³/mol. The molecule has 0 aliphatic carbocycles. The molecule has 0 rings (SSSR count). The van der Waals surface area contributed by atoms with Crippen molar-refractivity contribution >= 4 is 21.6 Å². The van der Waals surface area contributed by atoms with Crippen LogP contribution in [0.3, 0.4) is 0 Å². The maximum absolute atomic E-state index is 10.3. The van der Waals surface area contributed by atoms with Gasteiger partial charge in [0.2, 0.25) is 10.0 Å². The lowest BCUT2D eigenvalue weighted by Gasteiger charge is -1.95. The molecule has 0 spiro atoms. The van der Waals surface area contributed by atoms with Crippen molar-refractivity contribution in [3.8, 4) is 0 Å². The molecule has 62 valence electrons. The zero-order valence-electron chi connectivity index (χ0n) is 5.72. The third-order valence-corrected chi connectivity index (χ3v) is 2.19. The van der Waals surface area contributed by atoms with Gasteiger partial charge in [-0.15, -0.1) is 11.6 Å². The van der Waals surface area contributed by atoms with E-state index in [-0.39, 0.29) is 5.75 Å². The Balaban J connectivity index is 3.21. The van der Waals surface area contributed by atoms with E-state index in [2.05, 4.69) is 0 Å². The Morgan fingerprint density at radius 1 is 1.20 bits per heavy atom. The third kappa shape index (κ3) is 8.20. The minimum absolute atomic E-state index is 0.0733. The van der Waals surface area contributed by atoms with Crippen molar-refractivity contribution in [3.63, 3.8) is 0 Å². The summed E-state index contributed by atoms with van der Waals surface area (Å²) in [6.45, 7) is 0. The van der Waals surface area contributed by atoms with E-state index in [4.69, 9.17) is 16.7 Å². The molecule has 0 heterocycles. The van der Waals surface area contributed by atoms with E-state index < -0.39 is 10.0 Å². The molecule has 0 bridgehead atoms. The number of nitrogens with two attached hydrogens (primary N) is 1. The summed E-state index contributed by atoms with van der Waals surface area (Å²) in [7, 11) is -3.25. The first-order valence-corrected chi connectivity index (χ1v) is 5.37. The molecule has 0 atom stereocenters. The number of sulfonamides is 1. The molecule has 5 heteroatoms. The van der Waals surface area contributed by atoms with Crippen molar-refractivity contribution < 1.29 is 8.42 Å². The van der Waals surface area contributed by atoms with Crippen LogP contribution in [0.2, 0.25) is 0 Å². The second kappa shape index (κ2) is 4.93. The number of halogens is 1. The average Bonchev–Trinajstić information content (AvgIpc) is 1.78. The molecule has 0 aromatic heterocycles. The lowest BCUT2D eigenvalue weighted by molar-refractivity contribution is 0.592. The van der Waals surface area contributed by atoms with Crippen LogP contribution in [0.5, 0.6) is 0 Å². The van der Waals surface area contributed by atoms with Gasteiger partial charge in [-0.2, -0.15) is 0 Å². The van der Waals surface area contributed by atoms with Crippen LogP contribution in [0.25, 0.3) is 0 Å². The first kappa shape index (κ1) is 10.2. The first-order chi connectivity index (χ1) is 4.56. The molecule has 0 fully saturated rings. The largest absolute Gasteiger partial charge is 0.229 e. The van der Waals surface area contributed by atoms with Gasteiger partial charge in [0.05, 0.1) is 5.75 Å². The predicted octanol–water partition coefficient (Wildman–Crippen LogP) is 0.684. The van der Waals surface area contributed by atoms with E-state index in [1.165, 1.54) is 0 Å². The summed E-state index contributed by atoms with van der Waals surface area (Å²) < 4.78 is 20.7. The molecular weight excluding hydrogens is 174 g/mol. The molecule has 0 radical (unpaired) electrons. The summed E-state index contributed by atoms with van der Waals surface area (Å²) in [6.07, 6.45) is 2.31. The van der Waals surface area contributed by atoms with Crippen molar-refractivity contribution in [1.82, 2.24) is 0 Å². The van der Waals surface area contributed by atoms with Crippen molar-refractivity contribution in [3.05, 3.63) is 0 Å². The van der Waals surface area contributed by atoms with Crippen LogP contribution in [-0.2, 0) is 10.0 Å². The Labute approximate surface area is 66.6 Å². The first-order valence-electron chi connectivity index (χ1n) is 3.12. The van der Waals surface area contributed by atoms with Gasteiger partial charge in [-0.3, -0.25) is 0 Å². The van der Waals surface area contributed by atoms with Crippen LogP contribution in [-0.4, -0.2) is 20.1 Å². The average molecular weight is 186 g/mol. The van der Waals surface area contributed by atoms with Crippen LogP contribution in [0, 0.1) is 0 Å². The number of rotatable bonds is 5. The fraction of sp³-hybridized carbons (Fsp3) is 1.00. The molecule has 0 saturated carbocycles. The van der Waals surface area contributed by atoms with E-state index in [1.807, 2.05) is 0 Å². The number of hydrogen-bond donors (Lipinski definition) is 1. The van der Waals surface area contributed by atoms with Crippen LogP contribution < -0.4 is 5.14 Å². The van der Waals surface area contributed by atoms with Gasteiger partial charge in [0.25, 0.3) is 0 Å². The van der Waals surface area contributed by atoms with Crippen molar-refractivity contribution in [2.75, 3.05) is 11.6 Å². The van der Waals surface area contributed by atoms with Crippen LogP contribution in [0.1, 0.15) is 19.3 Å². The van der Waals surface area contributed by atoms with Gasteiger partial charge >= 0.3 is 0 Å². The standard InChI is InChI=1S/C5H12ClNO2S/c6-4-2-1-3-5-10(7,8)9/h1-5H2,(H2,7,8,9). The van der Waals surface area contributed by atoms with Crippen molar-refractivity contribution in [2.45, 2.75) is 19.3 Å². The van der Waals surface area contributed by atoms with Crippen molar-refractivity contribution in [2.24, 2.45) is 5.14 Å². The molecule has 3 nitrogen and oxygen atoms in total. The Kier molecular flexibility index (Phi) is 5.03. The van der Waals surface area contributed by atoms with Gasteiger partial charge in [-0.1, -0.05) is 6.42 Å². The normalized spacial score (nSPS) is 11.8. The maximum Gasteiger partial charge on any atom is 0.209 e. The molecular formula is C5H12ClNO2S. The molecule has 0 aromatic carbocycles. The lowest BCUT2D eigenvalue weighted by Crippen LogP contribution is -2.16. The highest BCUT2D eigenvalue weighted by molar-refractivity contribution is 7.89. The van der Waals surface area contributed by atoms with Gasteiger partial charge in [0.15, 0.2) is 0 Å². The quantitative estimate of drug-likeness (QED) is 0.506. The SMILES string of the molecule is NS(=O)(=O)CCCCCCl. The highest BCUT2D eigenvalue weighted by atomic mass is 35.5. The van der Waals surface area contributed by atoms with Gasteiger partial charge < -0.3 is 0 Å². The van der Waals surface area contributed by atoms with E-state index in [1.54, 1.807) is 0 Å². The van der Waals surface area contributed by atoms with E-state index in [9.17, 15) is 8.42 Å². The topological polar surface area (TPSA) is 60.2 Å². The summed E-state index contributed by atoms with van der Waals surface area (Å²) in [5, 5.41) is 4.76. The van der Waals surface area contributed by atoms with Gasteiger partial charge in [0.1, 0.15) is 0 Å². The number of alkyl halides is 1. The fourth-order valence-electron chi connectivity index (χ4n) is 0.575. The Morgan fingerprint density at radius 2 is 1.80 bits per heavy atom. The second-order valence-electron chi connectivity index (χ2n) is 2.12. The molecule has 0 aliphatic heterocycles. The Bertz CT molecular complexity index is 166. The molecule has 0 unspecified atom stereocenters. The van der Waals surface area contributed by atoms with Crippen LogP contribution in [0.15, 0.2) is 0 Å². The molecule has 10 heavy (non-hydrogen) atoms. The van der Waals surface area contributed by atoms with Crippen LogP contribution in [0.4, 0.5) is 0 Å². The van der Waals surface area contributed by atoms with E-state index in [0.29, 0.717) is 12.3 Å². The number of unbranched alkanes of at least 4 members (excludes halogenated alkanes) is 2. The second-order valence-corrected chi connectivity index (χ2v) is 4.23. The zero-order chi connectivity index (χ0) is 8.04. The molecule has 0 aliphatic rings. The molecule has 0 saturated heterocycles. The van der Waals surface area contributed by atoms with E-state index >= 15 is 0 Å². The fourth-order valence-corrected chi connectivity index (χ4v) is 1.37. The summed E-state index contributed by atoms with van der Waals surface area (Å²) in [5.74, 6) is 0.661. The number of hydrogen-bond acceptors (Lipinski definition) is 2. The summed E-state index contributed by atoms with van der Waals surface area (Å²) >= 11 is 5.37. The van der Waals surface area contributed by atoms with Gasteiger partial charge in [-0.05, 0) is 12.8 Å². The van der Waals surface area contributed by atoms with Gasteiger partial charge in [0, 0.05) is 5.88 Å². The van der Waals surface area contributed by atoms with Gasteiger partial charge in [-0.25, -0.2) is 13.6 Å². The zero-order valence-corrected chi connectivity index (χ0v) is 7.29. The summed E-state index contributed by atoms with van der Waals surface area (Å²) in [4.78, 5) is 0. The van der Waals surface area contributed by atoms with E-state index in [0.717, 1.165) is 12.8 Å². The number of primary sulfonamides is 1. The minimum atomic E-state index is -3.25. The Morgan fingerprint density at radius 3 is 2.20 bits per heavy atom.